The Labute approximate surface area is 127 Å². The minimum atomic E-state index is -0.408. The van der Waals surface area contributed by atoms with Crippen molar-refractivity contribution in [2.45, 2.75) is 13.2 Å². The van der Waals surface area contributed by atoms with Crippen molar-refractivity contribution in [1.29, 1.82) is 0 Å². The highest BCUT2D eigenvalue weighted by molar-refractivity contribution is 6.30. The van der Waals surface area contributed by atoms with Crippen LogP contribution in [0.25, 0.3) is 0 Å². The lowest BCUT2D eigenvalue weighted by Gasteiger charge is -2.12. The predicted octanol–water partition coefficient (Wildman–Crippen LogP) is 4.01. The number of nitrogens with zero attached hydrogens (tertiary/aromatic N) is 1. The number of nitro benzene ring substituents is 1. The average molecular weight is 307 g/mol. The molecule has 0 aliphatic heterocycles. The van der Waals surface area contributed by atoms with E-state index in [4.69, 9.17) is 16.3 Å². The molecule has 0 atom stereocenters. The molecule has 0 bridgehead atoms. The molecule has 0 amide bonds. The summed E-state index contributed by atoms with van der Waals surface area (Å²) in [7, 11) is 1.62. The molecule has 0 heterocycles. The van der Waals surface area contributed by atoms with Crippen LogP contribution in [0.2, 0.25) is 5.02 Å². The minimum Gasteiger partial charge on any atom is -0.380 e. The van der Waals surface area contributed by atoms with Crippen LogP contribution in [0.4, 0.5) is 11.4 Å². The van der Waals surface area contributed by atoms with Gasteiger partial charge in [-0.05, 0) is 18.2 Å². The first-order valence-electron chi connectivity index (χ1n) is 6.35. The topological polar surface area (TPSA) is 64.4 Å². The number of hydrogen-bond acceptors (Lipinski definition) is 4. The van der Waals surface area contributed by atoms with E-state index >= 15 is 0 Å². The van der Waals surface area contributed by atoms with Gasteiger partial charge in [-0.3, -0.25) is 10.1 Å². The van der Waals surface area contributed by atoms with Gasteiger partial charge in [-0.2, -0.15) is 0 Å². The van der Waals surface area contributed by atoms with Crippen LogP contribution in [0.15, 0.2) is 42.5 Å². The summed E-state index contributed by atoms with van der Waals surface area (Å²) in [4.78, 5) is 10.6. The fourth-order valence-electron chi connectivity index (χ4n) is 2.04. The number of nitro groups is 1. The van der Waals surface area contributed by atoms with Gasteiger partial charge in [-0.15, -0.1) is 0 Å². The number of methoxy groups -OCH3 is 1. The molecule has 0 unspecified atom stereocenters. The maximum Gasteiger partial charge on any atom is 0.274 e. The highest BCUT2D eigenvalue weighted by Crippen LogP contribution is 2.24. The number of ether oxygens (including phenoxy) is 1. The molecule has 0 radical (unpaired) electrons. The molecule has 2 rings (SSSR count). The molecule has 110 valence electrons. The van der Waals surface area contributed by atoms with E-state index in [-0.39, 0.29) is 5.69 Å². The largest absolute Gasteiger partial charge is 0.380 e. The van der Waals surface area contributed by atoms with Crippen molar-refractivity contribution >= 4 is 23.0 Å². The van der Waals surface area contributed by atoms with Crippen LogP contribution in [0.3, 0.4) is 0 Å². The van der Waals surface area contributed by atoms with Gasteiger partial charge in [-0.25, -0.2) is 0 Å². The molecule has 0 aliphatic carbocycles. The molecule has 0 aromatic heterocycles. The third-order valence-electron chi connectivity index (χ3n) is 3.02. The Kier molecular flexibility index (Phi) is 5.14. The molecule has 0 spiro atoms. The van der Waals surface area contributed by atoms with Gasteiger partial charge in [0, 0.05) is 36.0 Å². The van der Waals surface area contributed by atoms with Crippen LogP contribution >= 0.6 is 11.6 Å². The summed E-state index contributed by atoms with van der Waals surface area (Å²) in [6.45, 7) is 0.790. The van der Waals surface area contributed by atoms with Crippen LogP contribution in [-0.2, 0) is 17.9 Å². The van der Waals surface area contributed by atoms with E-state index in [0.717, 1.165) is 11.3 Å². The zero-order valence-corrected chi connectivity index (χ0v) is 12.3. The van der Waals surface area contributed by atoms with Crippen molar-refractivity contribution in [3.63, 3.8) is 0 Å². The Hall–Kier alpha value is -2.11. The second-order valence-corrected chi connectivity index (χ2v) is 4.91. The average Bonchev–Trinajstić information content (AvgIpc) is 2.46. The molecule has 0 saturated heterocycles. The van der Waals surface area contributed by atoms with Crippen LogP contribution < -0.4 is 5.32 Å². The van der Waals surface area contributed by atoms with Gasteiger partial charge in [0.1, 0.15) is 0 Å². The van der Waals surface area contributed by atoms with E-state index in [1.54, 1.807) is 13.2 Å². The number of hydrogen-bond donors (Lipinski definition) is 1. The maximum absolute atomic E-state index is 11.0. The predicted molar refractivity (Wildman–Crippen MR) is 82.6 cm³/mol. The summed E-state index contributed by atoms with van der Waals surface area (Å²) in [6.07, 6.45) is 0. The van der Waals surface area contributed by atoms with E-state index in [9.17, 15) is 10.1 Å². The first-order chi connectivity index (χ1) is 10.1. The van der Waals surface area contributed by atoms with Crippen molar-refractivity contribution in [3.8, 4) is 0 Å². The van der Waals surface area contributed by atoms with Crippen molar-refractivity contribution < 1.29 is 9.66 Å². The third-order valence-corrected chi connectivity index (χ3v) is 3.26. The Balaban J connectivity index is 2.20. The van der Waals surface area contributed by atoms with E-state index in [2.05, 4.69) is 5.32 Å². The SMILES string of the molecule is COCc1ccccc1NCc1cc(Cl)ccc1[N+](=O)[O-]. The molecular formula is C15H15ClN2O3. The van der Waals surface area contributed by atoms with Gasteiger partial charge >= 0.3 is 0 Å². The Morgan fingerprint density at radius 2 is 2.00 bits per heavy atom. The van der Waals surface area contributed by atoms with E-state index in [1.165, 1.54) is 12.1 Å². The van der Waals surface area contributed by atoms with Gasteiger partial charge in [0.2, 0.25) is 0 Å². The molecule has 0 saturated carbocycles. The van der Waals surface area contributed by atoms with E-state index in [1.807, 2.05) is 24.3 Å². The van der Waals surface area contributed by atoms with Crippen molar-refractivity contribution in [2.24, 2.45) is 0 Å². The fourth-order valence-corrected chi connectivity index (χ4v) is 2.23. The van der Waals surface area contributed by atoms with E-state index in [0.29, 0.717) is 23.7 Å². The quantitative estimate of drug-likeness (QED) is 0.647. The number of anilines is 1. The van der Waals surface area contributed by atoms with Gasteiger partial charge < -0.3 is 10.1 Å². The molecule has 21 heavy (non-hydrogen) atoms. The number of rotatable bonds is 6. The van der Waals surface area contributed by atoms with Crippen LogP contribution in [-0.4, -0.2) is 12.0 Å². The molecule has 2 aromatic rings. The standard InChI is InChI=1S/C15H15ClN2O3/c1-21-10-11-4-2-3-5-14(11)17-9-12-8-13(16)6-7-15(12)18(19)20/h2-8,17H,9-10H2,1H3. The Morgan fingerprint density at radius 1 is 1.24 bits per heavy atom. The summed E-state index contributed by atoms with van der Waals surface area (Å²) in [6, 6.07) is 12.2. The van der Waals surface area contributed by atoms with Crippen molar-refractivity contribution in [3.05, 3.63) is 68.7 Å². The van der Waals surface area contributed by atoms with Crippen LogP contribution in [0.5, 0.6) is 0 Å². The number of benzene rings is 2. The zero-order chi connectivity index (χ0) is 15.2. The second-order valence-electron chi connectivity index (χ2n) is 4.47. The lowest BCUT2D eigenvalue weighted by atomic mass is 10.1. The number of nitrogens with one attached hydrogen (secondary N) is 1. The molecule has 0 aliphatic rings. The highest BCUT2D eigenvalue weighted by atomic mass is 35.5. The summed E-state index contributed by atoms with van der Waals surface area (Å²) < 4.78 is 5.13. The summed E-state index contributed by atoms with van der Waals surface area (Å²) in [5.74, 6) is 0. The van der Waals surface area contributed by atoms with Gasteiger partial charge in [0.15, 0.2) is 0 Å². The smallest absolute Gasteiger partial charge is 0.274 e. The summed E-state index contributed by atoms with van der Waals surface area (Å²) in [5, 5.41) is 14.7. The zero-order valence-electron chi connectivity index (χ0n) is 11.5. The molecule has 0 fully saturated rings. The van der Waals surface area contributed by atoms with Crippen molar-refractivity contribution in [2.75, 3.05) is 12.4 Å². The molecular weight excluding hydrogens is 292 g/mol. The Bertz CT molecular complexity index is 647. The lowest BCUT2D eigenvalue weighted by Crippen LogP contribution is -2.05. The highest BCUT2D eigenvalue weighted by Gasteiger charge is 2.14. The maximum atomic E-state index is 11.0. The van der Waals surface area contributed by atoms with Crippen molar-refractivity contribution in [1.82, 2.24) is 0 Å². The third kappa shape index (κ3) is 3.93. The number of halogens is 1. The van der Waals surface area contributed by atoms with Crippen LogP contribution in [0, 0.1) is 10.1 Å². The summed E-state index contributed by atoms with van der Waals surface area (Å²) in [5.41, 5.74) is 2.47. The molecule has 5 nitrogen and oxygen atoms in total. The normalized spacial score (nSPS) is 10.4. The summed E-state index contributed by atoms with van der Waals surface area (Å²) >= 11 is 5.91. The van der Waals surface area contributed by atoms with E-state index < -0.39 is 4.92 Å². The van der Waals surface area contributed by atoms with Gasteiger partial charge in [0.25, 0.3) is 5.69 Å². The fraction of sp³-hybridized carbons (Fsp3) is 0.200. The molecule has 1 N–H and O–H groups in total. The molecule has 6 heteroatoms. The first-order valence-corrected chi connectivity index (χ1v) is 6.73. The lowest BCUT2D eigenvalue weighted by molar-refractivity contribution is -0.385. The van der Waals surface area contributed by atoms with Gasteiger partial charge in [-0.1, -0.05) is 29.8 Å². The van der Waals surface area contributed by atoms with Crippen LogP contribution in [0.1, 0.15) is 11.1 Å². The second kappa shape index (κ2) is 7.06. The first kappa shape index (κ1) is 15.3. The number of para-hydroxylation sites is 1. The molecule has 2 aromatic carbocycles. The minimum absolute atomic E-state index is 0.0520. The Morgan fingerprint density at radius 3 is 2.71 bits per heavy atom. The monoisotopic (exact) mass is 306 g/mol. The van der Waals surface area contributed by atoms with Gasteiger partial charge in [0.05, 0.1) is 17.1 Å².